The number of carbonyl (C=O) groups excluding carboxylic acids is 1. The molecule has 2 aromatic rings. The minimum Gasteiger partial charge on any atom is -0.465 e. The molecule has 1 unspecified atom stereocenters. The molecule has 1 aliphatic heterocycles. The lowest BCUT2D eigenvalue weighted by atomic mass is 9.86. The van der Waals surface area contributed by atoms with Crippen molar-refractivity contribution in [1.82, 2.24) is 9.47 Å². The zero-order valence-corrected chi connectivity index (χ0v) is 16.8. The van der Waals surface area contributed by atoms with E-state index in [2.05, 4.69) is 5.32 Å². The van der Waals surface area contributed by atoms with Crippen LogP contribution < -0.4 is 10.9 Å². The molecule has 3 rings (SSSR count). The van der Waals surface area contributed by atoms with Gasteiger partial charge in [-0.3, -0.25) is 14.5 Å². The van der Waals surface area contributed by atoms with Crippen molar-refractivity contribution in [2.24, 2.45) is 7.05 Å². The summed E-state index contributed by atoms with van der Waals surface area (Å²) in [6, 6.07) is 6.10. The molecule has 8 heteroatoms. The van der Waals surface area contributed by atoms with E-state index in [0.29, 0.717) is 23.2 Å². The Hall–Kier alpha value is -3.16. The van der Waals surface area contributed by atoms with Crippen molar-refractivity contribution in [1.29, 1.82) is 0 Å². The highest BCUT2D eigenvalue weighted by Gasteiger charge is 2.37. The van der Waals surface area contributed by atoms with Gasteiger partial charge in [-0.05, 0) is 29.2 Å². The zero-order valence-electron chi connectivity index (χ0n) is 16.8. The number of hydrogen-bond acceptors (Lipinski definition) is 3. The van der Waals surface area contributed by atoms with Crippen molar-refractivity contribution in [2.45, 2.75) is 38.6 Å². The number of carboxylic acid groups (broad SMARTS) is 1. The van der Waals surface area contributed by atoms with Crippen LogP contribution in [-0.4, -0.2) is 33.1 Å². The van der Waals surface area contributed by atoms with Gasteiger partial charge in [0, 0.05) is 43.0 Å². The van der Waals surface area contributed by atoms with Crippen LogP contribution in [0, 0.1) is 5.82 Å². The van der Waals surface area contributed by atoms with E-state index in [1.54, 1.807) is 19.2 Å². The Balaban J connectivity index is 1.97. The van der Waals surface area contributed by atoms with Crippen molar-refractivity contribution in [3.05, 3.63) is 63.3 Å². The summed E-state index contributed by atoms with van der Waals surface area (Å²) in [5, 5.41) is 12.2. The Kier molecular flexibility index (Phi) is 5.21. The Morgan fingerprint density at radius 1 is 1.21 bits per heavy atom. The van der Waals surface area contributed by atoms with Crippen LogP contribution in [0.1, 0.15) is 43.6 Å². The van der Waals surface area contributed by atoms with E-state index in [0.717, 1.165) is 4.90 Å². The first-order chi connectivity index (χ1) is 13.5. The van der Waals surface area contributed by atoms with Crippen molar-refractivity contribution in [3.63, 3.8) is 0 Å². The summed E-state index contributed by atoms with van der Waals surface area (Å²) in [6.45, 7) is 5.74. The highest BCUT2D eigenvalue weighted by molar-refractivity contribution is 5.97. The van der Waals surface area contributed by atoms with Crippen LogP contribution in [0.15, 0.2) is 35.1 Å². The number of amides is 2. The van der Waals surface area contributed by atoms with E-state index in [-0.39, 0.29) is 23.2 Å². The first kappa shape index (κ1) is 20.6. The molecule has 29 heavy (non-hydrogen) atoms. The first-order valence-corrected chi connectivity index (χ1v) is 9.30. The third-order valence-electron chi connectivity index (χ3n) is 5.21. The average molecular weight is 401 g/mol. The molecule has 154 valence electrons. The molecule has 1 aromatic heterocycles. The molecule has 2 N–H and O–H groups in total. The summed E-state index contributed by atoms with van der Waals surface area (Å²) >= 11 is 0. The monoisotopic (exact) mass is 401 g/mol. The molecule has 0 fully saturated rings. The first-order valence-electron chi connectivity index (χ1n) is 9.30. The third-order valence-corrected chi connectivity index (χ3v) is 5.21. The van der Waals surface area contributed by atoms with Gasteiger partial charge in [-0.1, -0.05) is 26.8 Å². The van der Waals surface area contributed by atoms with Crippen LogP contribution in [-0.2, 0) is 23.7 Å². The normalized spacial score (nSPS) is 16.3. The van der Waals surface area contributed by atoms with Gasteiger partial charge in [0.05, 0.1) is 0 Å². The topological polar surface area (TPSA) is 91.6 Å². The number of halogens is 1. The molecule has 7 nitrogen and oxygen atoms in total. The van der Waals surface area contributed by atoms with Gasteiger partial charge in [-0.15, -0.1) is 0 Å². The van der Waals surface area contributed by atoms with E-state index in [1.807, 2.05) is 20.8 Å². The third kappa shape index (κ3) is 3.87. The maximum absolute atomic E-state index is 14.5. The lowest BCUT2D eigenvalue weighted by Crippen LogP contribution is -2.46. The van der Waals surface area contributed by atoms with Gasteiger partial charge in [-0.25, -0.2) is 9.18 Å². The number of benzene rings is 1. The smallest absolute Gasteiger partial charge is 0.408 e. The van der Waals surface area contributed by atoms with Crippen LogP contribution >= 0.6 is 0 Å². The summed E-state index contributed by atoms with van der Waals surface area (Å²) in [5.41, 5.74) is 1.20. The van der Waals surface area contributed by atoms with Crippen LogP contribution in [0.5, 0.6) is 0 Å². The quantitative estimate of drug-likeness (QED) is 0.809. The summed E-state index contributed by atoms with van der Waals surface area (Å²) in [7, 11) is 1.59. The molecule has 0 bridgehead atoms. The fourth-order valence-corrected chi connectivity index (χ4v) is 3.68. The van der Waals surface area contributed by atoms with Gasteiger partial charge in [-0.2, -0.15) is 0 Å². The minimum atomic E-state index is -1.24. The van der Waals surface area contributed by atoms with Crippen molar-refractivity contribution >= 4 is 17.7 Å². The van der Waals surface area contributed by atoms with Crippen molar-refractivity contribution in [3.8, 4) is 0 Å². The average Bonchev–Trinajstić information content (AvgIpc) is 2.62. The molecule has 0 aliphatic carbocycles. The second kappa shape index (κ2) is 7.35. The lowest BCUT2D eigenvalue weighted by molar-refractivity contribution is -0.121. The Morgan fingerprint density at radius 2 is 1.90 bits per heavy atom. The summed E-state index contributed by atoms with van der Waals surface area (Å²) in [4.78, 5) is 37.7. The highest BCUT2D eigenvalue weighted by atomic mass is 19.1. The van der Waals surface area contributed by atoms with Gasteiger partial charge in [0.15, 0.2) is 0 Å². The standard InChI is InChI=1S/C21H24FN3O4/c1-21(2,3)14-7-5-12(11-15(14)22)23-19(27)18-13-6-8-17(26)24(4)16(13)9-10-25(18)20(28)29/h5-8,11,18H,9-10H2,1-4H3,(H,23,27)(H,28,29). The predicted molar refractivity (Wildman–Crippen MR) is 107 cm³/mol. The molecule has 2 heterocycles. The van der Waals surface area contributed by atoms with E-state index in [9.17, 15) is 23.9 Å². The molecule has 0 spiro atoms. The number of hydrogen-bond donors (Lipinski definition) is 2. The number of pyridine rings is 1. The van der Waals surface area contributed by atoms with Gasteiger partial charge < -0.3 is 15.0 Å². The fraction of sp³-hybridized carbons (Fsp3) is 0.381. The highest BCUT2D eigenvalue weighted by Crippen LogP contribution is 2.31. The zero-order chi connectivity index (χ0) is 21.5. The van der Waals surface area contributed by atoms with E-state index in [1.165, 1.54) is 22.8 Å². The summed E-state index contributed by atoms with van der Waals surface area (Å²) in [6.07, 6.45) is -0.911. The molecule has 1 aromatic carbocycles. The van der Waals surface area contributed by atoms with E-state index >= 15 is 0 Å². The number of aromatic nitrogens is 1. The molecule has 0 saturated carbocycles. The Labute approximate surface area is 167 Å². The second-order valence-electron chi connectivity index (χ2n) is 8.20. The van der Waals surface area contributed by atoms with E-state index < -0.39 is 23.9 Å². The van der Waals surface area contributed by atoms with E-state index in [4.69, 9.17) is 0 Å². The number of nitrogens with one attached hydrogen (secondary N) is 1. The fourth-order valence-electron chi connectivity index (χ4n) is 3.68. The number of carbonyl (C=O) groups is 2. The maximum Gasteiger partial charge on any atom is 0.408 e. The molecule has 2 amide bonds. The Bertz CT molecular complexity index is 1040. The SMILES string of the molecule is Cn1c2c(ccc1=O)C(C(=O)Nc1ccc(C(C)(C)C)c(F)c1)N(C(=O)O)CC2. The van der Waals surface area contributed by atoms with Crippen LogP contribution in [0.2, 0.25) is 0 Å². The Morgan fingerprint density at radius 3 is 2.48 bits per heavy atom. The predicted octanol–water partition coefficient (Wildman–Crippen LogP) is 3.04. The van der Waals surface area contributed by atoms with Crippen LogP contribution in [0.3, 0.4) is 0 Å². The number of nitrogens with zero attached hydrogens (tertiary/aromatic N) is 2. The summed E-state index contributed by atoms with van der Waals surface area (Å²) < 4.78 is 15.9. The van der Waals surface area contributed by atoms with Crippen molar-refractivity contribution in [2.75, 3.05) is 11.9 Å². The molecule has 0 radical (unpaired) electrons. The summed E-state index contributed by atoms with van der Waals surface area (Å²) in [5.74, 6) is -1.05. The molecular weight excluding hydrogens is 377 g/mol. The second-order valence-corrected chi connectivity index (χ2v) is 8.20. The molecule has 1 aliphatic rings. The van der Waals surface area contributed by atoms with Crippen LogP contribution in [0.25, 0.3) is 0 Å². The molecule has 1 atom stereocenters. The largest absolute Gasteiger partial charge is 0.465 e. The van der Waals surface area contributed by atoms with Gasteiger partial charge in [0.2, 0.25) is 5.56 Å². The van der Waals surface area contributed by atoms with Gasteiger partial charge in [0.25, 0.3) is 5.91 Å². The number of rotatable bonds is 2. The maximum atomic E-state index is 14.5. The number of fused-ring (bicyclic) bond motifs is 1. The lowest BCUT2D eigenvalue weighted by Gasteiger charge is -2.35. The molecule has 0 saturated heterocycles. The molecular formula is C21H24FN3O4. The van der Waals surface area contributed by atoms with Gasteiger partial charge in [0.1, 0.15) is 11.9 Å². The van der Waals surface area contributed by atoms with Crippen molar-refractivity contribution < 1.29 is 19.1 Å². The van der Waals surface area contributed by atoms with Gasteiger partial charge >= 0.3 is 6.09 Å². The van der Waals surface area contributed by atoms with Crippen LogP contribution in [0.4, 0.5) is 14.9 Å². The minimum absolute atomic E-state index is 0.0784. The number of anilines is 1.